The molecule has 2 N–H and O–H groups in total. The Bertz CT molecular complexity index is 219. The molecule has 0 radical (unpaired) electrons. The third-order valence-corrected chi connectivity index (χ3v) is 5.48. The molecule has 3 aliphatic carbocycles. The Morgan fingerprint density at radius 1 is 0.867 bits per heavy atom. The van der Waals surface area contributed by atoms with Crippen molar-refractivity contribution in [3.05, 3.63) is 0 Å². The molecule has 1 heteroatoms. The van der Waals surface area contributed by atoms with E-state index in [0.717, 1.165) is 23.7 Å². The third kappa shape index (κ3) is 1.84. The summed E-state index contributed by atoms with van der Waals surface area (Å²) in [5.74, 6) is 3.87. The summed E-state index contributed by atoms with van der Waals surface area (Å²) < 4.78 is 0. The van der Waals surface area contributed by atoms with Gasteiger partial charge in [0.25, 0.3) is 0 Å². The molecule has 86 valence electrons. The fourth-order valence-corrected chi connectivity index (χ4v) is 4.63. The number of fused-ring (bicyclic) bond motifs is 2. The molecule has 0 heterocycles. The molecule has 2 bridgehead atoms. The average molecular weight is 207 g/mol. The minimum absolute atomic E-state index is 0.556. The van der Waals surface area contributed by atoms with Crippen molar-refractivity contribution in [2.45, 2.75) is 63.8 Å². The van der Waals surface area contributed by atoms with Crippen molar-refractivity contribution in [3.63, 3.8) is 0 Å². The molecule has 4 atom stereocenters. The fraction of sp³-hybridized carbons (Fsp3) is 1.00. The van der Waals surface area contributed by atoms with E-state index in [1.54, 1.807) is 0 Å². The van der Waals surface area contributed by atoms with Crippen LogP contribution < -0.4 is 5.73 Å². The smallest absolute Gasteiger partial charge is 0.00983 e. The van der Waals surface area contributed by atoms with Crippen LogP contribution in [0.3, 0.4) is 0 Å². The molecule has 0 aliphatic heterocycles. The van der Waals surface area contributed by atoms with E-state index in [2.05, 4.69) is 0 Å². The van der Waals surface area contributed by atoms with Crippen molar-refractivity contribution < 1.29 is 0 Å². The van der Waals surface area contributed by atoms with E-state index in [1.807, 2.05) is 0 Å². The topological polar surface area (TPSA) is 26.0 Å². The molecule has 3 aliphatic rings. The summed E-state index contributed by atoms with van der Waals surface area (Å²) in [6.45, 7) is 0. The predicted octanol–water partition coefficient (Wildman–Crippen LogP) is 3.33. The second-order valence-corrected chi connectivity index (χ2v) is 6.31. The zero-order valence-corrected chi connectivity index (χ0v) is 9.83. The zero-order chi connectivity index (χ0) is 10.3. The number of hydrogen-bond acceptors (Lipinski definition) is 1. The minimum Gasteiger partial charge on any atom is -0.327 e. The largest absolute Gasteiger partial charge is 0.327 e. The highest BCUT2D eigenvalue weighted by molar-refractivity contribution is 4.96. The van der Waals surface area contributed by atoms with Crippen LogP contribution in [0.15, 0.2) is 0 Å². The molecule has 0 aromatic carbocycles. The second-order valence-electron chi connectivity index (χ2n) is 6.31. The summed E-state index contributed by atoms with van der Waals surface area (Å²) in [7, 11) is 0. The molecule has 0 saturated heterocycles. The van der Waals surface area contributed by atoms with Crippen LogP contribution in [0.5, 0.6) is 0 Å². The summed E-state index contributed by atoms with van der Waals surface area (Å²) in [6.07, 6.45) is 13.2. The van der Waals surface area contributed by atoms with Crippen LogP contribution >= 0.6 is 0 Å². The van der Waals surface area contributed by atoms with E-state index >= 15 is 0 Å². The predicted molar refractivity (Wildman–Crippen MR) is 63.5 cm³/mol. The first-order chi connectivity index (χ1) is 7.34. The van der Waals surface area contributed by atoms with Crippen LogP contribution in [0, 0.1) is 23.7 Å². The van der Waals surface area contributed by atoms with Crippen molar-refractivity contribution in [1.29, 1.82) is 0 Å². The maximum Gasteiger partial charge on any atom is 0.00983 e. The van der Waals surface area contributed by atoms with E-state index in [1.165, 1.54) is 57.8 Å². The lowest BCUT2D eigenvalue weighted by molar-refractivity contribution is 0.191. The molecule has 0 amide bonds. The molecular formula is C14H25N. The van der Waals surface area contributed by atoms with Gasteiger partial charge >= 0.3 is 0 Å². The van der Waals surface area contributed by atoms with Crippen LogP contribution in [0.4, 0.5) is 0 Å². The lowest BCUT2D eigenvalue weighted by atomic mass is 9.74. The van der Waals surface area contributed by atoms with Gasteiger partial charge in [0, 0.05) is 6.04 Å². The van der Waals surface area contributed by atoms with E-state index in [4.69, 9.17) is 5.73 Å². The molecule has 1 nitrogen and oxygen atoms in total. The van der Waals surface area contributed by atoms with Gasteiger partial charge in [0.05, 0.1) is 0 Å². The third-order valence-electron chi connectivity index (χ3n) is 5.48. The molecule has 0 aromatic heterocycles. The molecule has 0 spiro atoms. The Morgan fingerprint density at radius 2 is 1.67 bits per heavy atom. The average Bonchev–Trinajstić information content (AvgIpc) is 2.91. The van der Waals surface area contributed by atoms with Crippen molar-refractivity contribution in [2.24, 2.45) is 29.4 Å². The quantitative estimate of drug-likeness (QED) is 0.738. The molecule has 3 rings (SSSR count). The number of nitrogens with two attached hydrogens (primary N) is 1. The molecule has 0 aromatic rings. The van der Waals surface area contributed by atoms with Gasteiger partial charge in [-0.25, -0.2) is 0 Å². The van der Waals surface area contributed by atoms with Gasteiger partial charge in [-0.05, 0) is 55.8 Å². The lowest BCUT2D eigenvalue weighted by Gasteiger charge is -2.35. The van der Waals surface area contributed by atoms with Gasteiger partial charge in [-0.15, -0.1) is 0 Å². The van der Waals surface area contributed by atoms with Gasteiger partial charge in [-0.1, -0.05) is 25.7 Å². The lowest BCUT2D eigenvalue weighted by Crippen LogP contribution is -2.40. The van der Waals surface area contributed by atoms with Gasteiger partial charge in [-0.3, -0.25) is 0 Å². The van der Waals surface area contributed by atoms with Crippen LogP contribution in [0.25, 0.3) is 0 Å². The highest BCUT2D eigenvalue weighted by atomic mass is 14.7. The zero-order valence-electron chi connectivity index (χ0n) is 9.83. The Morgan fingerprint density at radius 3 is 2.27 bits per heavy atom. The van der Waals surface area contributed by atoms with E-state index in [0.29, 0.717) is 6.04 Å². The number of hydrogen-bond donors (Lipinski definition) is 1. The molecular weight excluding hydrogens is 182 g/mol. The van der Waals surface area contributed by atoms with Gasteiger partial charge in [0.1, 0.15) is 0 Å². The SMILES string of the molecule is NC(C1CCCCC1)C1CC2CCC1C2. The highest BCUT2D eigenvalue weighted by Gasteiger charge is 2.43. The first-order valence-corrected chi connectivity index (χ1v) is 7.10. The highest BCUT2D eigenvalue weighted by Crippen LogP contribution is 2.50. The maximum atomic E-state index is 6.54. The molecule has 3 saturated carbocycles. The van der Waals surface area contributed by atoms with Gasteiger partial charge in [0.15, 0.2) is 0 Å². The van der Waals surface area contributed by atoms with Crippen molar-refractivity contribution in [1.82, 2.24) is 0 Å². The molecule has 4 unspecified atom stereocenters. The Labute approximate surface area is 93.8 Å². The van der Waals surface area contributed by atoms with Gasteiger partial charge in [0.2, 0.25) is 0 Å². The Kier molecular flexibility index (Phi) is 2.76. The summed E-state index contributed by atoms with van der Waals surface area (Å²) >= 11 is 0. The Balaban J connectivity index is 1.61. The summed E-state index contributed by atoms with van der Waals surface area (Å²) in [4.78, 5) is 0. The fourth-order valence-electron chi connectivity index (χ4n) is 4.63. The van der Waals surface area contributed by atoms with Gasteiger partial charge < -0.3 is 5.73 Å². The van der Waals surface area contributed by atoms with E-state index in [9.17, 15) is 0 Å². The van der Waals surface area contributed by atoms with Crippen molar-refractivity contribution in [3.8, 4) is 0 Å². The normalized spacial score (nSPS) is 43.4. The summed E-state index contributed by atoms with van der Waals surface area (Å²) in [5, 5.41) is 0. The first-order valence-electron chi connectivity index (χ1n) is 7.10. The van der Waals surface area contributed by atoms with Crippen LogP contribution in [0.2, 0.25) is 0 Å². The Hall–Kier alpha value is -0.0400. The maximum absolute atomic E-state index is 6.54. The van der Waals surface area contributed by atoms with Crippen LogP contribution in [0.1, 0.15) is 57.8 Å². The first kappa shape index (κ1) is 10.1. The van der Waals surface area contributed by atoms with Crippen molar-refractivity contribution >= 4 is 0 Å². The summed E-state index contributed by atoms with van der Waals surface area (Å²) in [6, 6.07) is 0.556. The monoisotopic (exact) mass is 207 g/mol. The van der Waals surface area contributed by atoms with Crippen LogP contribution in [-0.2, 0) is 0 Å². The van der Waals surface area contributed by atoms with Gasteiger partial charge in [-0.2, -0.15) is 0 Å². The van der Waals surface area contributed by atoms with Crippen molar-refractivity contribution in [2.75, 3.05) is 0 Å². The molecule has 15 heavy (non-hydrogen) atoms. The molecule has 3 fully saturated rings. The summed E-state index contributed by atoms with van der Waals surface area (Å²) in [5.41, 5.74) is 6.54. The minimum atomic E-state index is 0.556. The van der Waals surface area contributed by atoms with E-state index < -0.39 is 0 Å². The van der Waals surface area contributed by atoms with E-state index in [-0.39, 0.29) is 0 Å². The standard InChI is InChI=1S/C14H25N/c15-14(11-4-2-1-3-5-11)13-9-10-6-7-12(13)8-10/h10-14H,1-9,15H2. The second kappa shape index (κ2) is 4.08. The number of rotatable bonds is 2. The van der Waals surface area contributed by atoms with Crippen LogP contribution in [-0.4, -0.2) is 6.04 Å².